The Hall–Kier alpha value is -3.24. The van der Waals surface area contributed by atoms with Crippen molar-refractivity contribution in [2.45, 2.75) is 0 Å². The number of benzene rings is 2. The zero-order chi connectivity index (χ0) is 14.3. The van der Waals surface area contributed by atoms with Crippen LogP contribution in [0.15, 0.2) is 36.4 Å². The third-order valence-corrected chi connectivity index (χ3v) is 3.31. The van der Waals surface area contributed by atoms with E-state index >= 15 is 0 Å². The van der Waals surface area contributed by atoms with Gasteiger partial charge in [-0.25, -0.2) is 0 Å². The van der Waals surface area contributed by atoms with Crippen molar-refractivity contribution in [1.82, 2.24) is 0 Å². The Bertz CT molecular complexity index is 798. The second kappa shape index (κ2) is 4.15. The first-order chi connectivity index (χ1) is 9.69. The highest BCUT2D eigenvalue weighted by Gasteiger charge is 2.33. The van der Waals surface area contributed by atoms with Gasteiger partial charge in [0.25, 0.3) is 0 Å². The molecule has 1 aliphatic carbocycles. The van der Waals surface area contributed by atoms with Crippen LogP contribution in [0.25, 0.3) is 0 Å². The molecule has 3 rings (SSSR count). The maximum atomic E-state index is 12.6. The fraction of sp³-hybridized carbons (Fsp3) is 0. The normalized spacial score (nSPS) is 12.1. The Kier molecular flexibility index (Phi) is 2.45. The topological polar surface area (TPSA) is 81.7 Å². The molecule has 2 aromatic rings. The van der Waals surface area contributed by atoms with Crippen LogP contribution in [-0.4, -0.2) is 11.6 Å². The molecule has 2 aromatic carbocycles. The monoisotopic (exact) mass is 258 g/mol. The van der Waals surface area contributed by atoms with Gasteiger partial charge in [-0.1, -0.05) is 24.3 Å². The van der Waals surface area contributed by atoms with Crippen LogP contribution < -0.4 is 0 Å². The first kappa shape index (κ1) is 11.8. The van der Waals surface area contributed by atoms with E-state index in [4.69, 9.17) is 10.5 Å². The molecule has 0 N–H and O–H groups in total. The summed E-state index contributed by atoms with van der Waals surface area (Å²) in [6, 6.07) is 13.0. The Morgan fingerprint density at radius 1 is 0.700 bits per heavy atom. The van der Waals surface area contributed by atoms with Crippen LogP contribution in [0.1, 0.15) is 43.0 Å². The molecule has 0 saturated heterocycles. The van der Waals surface area contributed by atoms with Gasteiger partial charge in [-0.15, -0.1) is 0 Å². The molecular formula is C16H6N2O2. The molecule has 4 nitrogen and oxygen atoms in total. The molecular weight excluding hydrogens is 252 g/mol. The summed E-state index contributed by atoms with van der Waals surface area (Å²) in [4.78, 5) is 25.0. The first-order valence-corrected chi connectivity index (χ1v) is 5.84. The standard InChI is InChI=1S/C16H6N2O2/c17-7-9-3-1-5-11-13(9)16(20)14-10(8-18)4-2-6-12(14)15(11)19/h1-6H. The zero-order valence-corrected chi connectivity index (χ0v) is 10.2. The Morgan fingerprint density at radius 3 is 1.55 bits per heavy atom. The molecule has 0 amide bonds. The second-order valence-corrected chi connectivity index (χ2v) is 4.34. The van der Waals surface area contributed by atoms with Crippen molar-refractivity contribution in [2.24, 2.45) is 0 Å². The SMILES string of the molecule is N#Cc1cccc2c1C(=O)c1c(C#N)cccc1C2=O. The quantitative estimate of drug-likeness (QED) is 0.619. The van der Waals surface area contributed by atoms with Crippen molar-refractivity contribution in [1.29, 1.82) is 10.5 Å². The van der Waals surface area contributed by atoms with E-state index in [9.17, 15) is 9.59 Å². The van der Waals surface area contributed by atoms with E-state index in [0.717, 1.165) is 0 Å². The zero-order valence-electron chi connectivity index (χ0n) is 10.2. The molecule has 0 radical (unpaired) electrons. The van der Waals surface area contributed by atoms with E-state index in [0.29, 0.717) is 0 Å². The first-order valence-electron chi connectivity index (χ1n) is 5.84. The largest absolute Gasteiger partial charge is 0.289 e. The summed E-state index contributed by atoms with van der Waals surface area (Å²) in [5.74, 6) is -0.771. The molecule has 0 aliphatic heterocycles. The lowest BCUT2D eigenvalue weighted by molar-refractivity contribution is 0.0978. The molecule has 4 heteroatoms. The number of rotatable bonds is 0. The van der Waals surface area contributed by atoms with Gasteiger partial charge in [-0.2, -0.15) is 10.5 Å². The van der Waals surface area contributed by atoms with Gasteiger partial charge >= 0.3 is 0 Å². The summed E-state index contributed by atoms with van der Waals surface area (Å²) >= 11 is 0. The van der Waals surface area contributed by atoms with Crippen LogP contribution in [0.2, 0.25) is 0 Å². The lowest BCUT2D eigenvalue weighted by Gasteiger charge is -2.18. The maximum absolute atomic E-state index is 12.6. The third kappa shape index (κ3) is 1.39. The Balaban J connectivity index is 2.42. The minimum absolute atomic E-state index is 0.0928. The van der Waals surface area contributed by atoms with Gasteiger partial charge in [-0.05, 0) is 12.1 Å². The van der Waals surface area contributed by atoms with Crippen molar-refractivity contribution in [3.05, 3.63) is 69.8 Å². The van der Waals surface area contributed by atoms with Crippen molar-refractivity contribution < 1.29 is 9.59 Å². The van der Waals surface area contributed by atoms with Gasteiger partial charge in [0, 0.05) is 11.1 Å². The number of nitriles is 2. The van der Waals surface area contributed by atoms with Gasteiger partial charge in [0.15, 0.2) is 11.6 Å². The summed E-state index contributed by atoms with van der Waals surface area (Å²) in [7, 11) is 0. The average molecular weight is 258 g/mol. The van der Waals surface area contributed by atoms with E-state index in [1.54, 1.807) is 12.1 Å². The van der Waals surface area contributed by atoms with Crippen LogP contribution in [0.3, 0.4) is 0 Å². The Morgan fingerprint density at radius 2 is 1.15 bits per heavy atom. The Labute approximate surface area is 114 Å². The van der Waals surface area contributed by atoms with E-state index in [-0.39, 0.29) is 39.2 Å². The van der Waals surface area contributed by atoms with E-state index in [1.807, 2.05) is 12.1 Å². The number of carbonyl (C=O) groups excluding carboxylic acids is 2. The lowest BCUT2D eigenvalue weighted by atomic mass is 9.80. The molecule has 0 bridgehead atoms. The van der Waals surface area contributed by atoms with Gasteiger partial charge in [0.1, 0.15) is 0 Å². The highest BCUT2D eigenvalue weighted by molar-refractivity contribution is 6.29. The summed E-state index contributed by atoms with van der Waals surface area (Å²) in [5, 5.41) is 18.2. The predicted molar refractivity (Wildman–Crippen MR) is 69.2 cm³/mol. The minimum atomic E-state index is -0.441. The van der Waals surface area contributed by atoms with Crippen LogP contribution in [0.5, 0.6) is 0 Å². The fourth-order valence-electron chi connectivity index (χ4n) is 2.43. The third-order valence-electron chi connectivity index (χ3n) is 3.31. The van der Waals surface area contributed by atoms with Crippen LogP contribution >= 0.6 is 0 Å². The van der Waals surface area contributed by atoms with E-state index < -0.39 is 5.78 Å². The van der Waals surface area contributed by atoms with Gasteiger partial charge < -0.3 is 0 Å². The van der Waals surface area contributed by atoms with Crippen molar-refractivity contribution in [3.63, 3.8) is 0 Å². The molecule has 0 unspecified atom stereocenters. The summed E-state index contributed by atoms with van der Waals surface area (Å²) in [6.45, 7) is 0. The molecule has 92 valence electrons. The predicted octanol–water partition coefficient (Wildman–Crippen LogP) is 2.21. The van der Waals surface area contributed by atoms with Crippen LogP contribution in [0, 0.1) is 22.7 Å². The number of ketones is 2. The fourth-order valence-corrected chi connectivity index (χ4v) is 2.43. The number of fused-ring (bicyclic) bond motifs is 2. The molecule has 0 aromatic heterocycles. The summed E-state index contributed by atoms with van der Waals surface area (Å²) in [6.07, 6.45) is 0. The van der Waals surface area contributed by atoms with E-state index in [1.165, 1.54) is 24.3 Å². The number of hydrogen-bond donors (Lipinski definition) is 0. The highest BCUT2D eigenvalue weighted by Crippen LogP contribution is 2.30. The molecule has 20 heavy (non-hydrogen) atoms. The molecule has 0 saturated carbocycles. The van der Waals surface area contributed by atoms with Crippen molar-refractivity contribution in [3.8, 4) is 12.1 Å². The second-order valence-electron chi connectivity index (χ2n) is 4.34. The van der Waals surface area contributed by atoms with Crippen LogP contribution in [0.4, 0.5) is 0 Å². The van der Waals surface area contributed by atoms with Gasteiger partial charge in [-0.3, -0.25) is 9.59 Å². The number of hydrogen-bond acceptors (Lipinski definition) is 4. The molecule has 0 atom stereocenters. The number of nitrogens with zero attached hydrogens (tertiary/aromatic N) is 2. The van der Waals surface area contributed by atoms with Gasteiger partial charge in [0.2, 0.25) is 0 Å². The summed E-state index contributed by atoms with van der Waals surface area (Å²) in [5.41, 5.74) is 0.928. The average Bonchev–Trinajstić information content (AvgIpc) is 2.50. The molecule has 0 heterocycles. The smallest absolute Gasteiger partial charge is 0.197 e. The van der Waals surface area contributed by atoms with Crippen molar-refractivity contribution in [2.75, 3.05) is 0 Å². The van der Waals surface area contributed by atoms with Gasteiger partial charge in [0.05, 0.1) is 34.4 Å². The minimum Gasteiger partial charge on any atom is -0.289 e. The lowest BCUT2D eigenvalue weighted by Crippen LogP contribution is -2.23. The molecule has 0 fully saturated rings. The highest BCUT2D eigenvalue weighted by atomic mass is 16.1. The molecule has 0 spiro atoms. The molecule has 1 aliphatic rings. The van der Waals surface area contributed by atoms with Crippen LogP contribution in [-0.2, 0) is 0 Å². The maximum Gasteiger partial charge on any atom is 0.197 e. The van der Waals surface area contributed by atoms with E-state index in [2.05, 4.69) is 0 Å². The number of carbonyl (C=O) groups is 2. The summed E-state index contributed by atoms with van der Waals surface area (Å²) < 4.78 is 0. The van der Waals surface area contributed by atoms with Crippen molar-refractivity contribution >= 4 is 11.6 Å².